The lowest BCUT2D eigenvalue weighted by atomic mass is 9.95. The molecule has 3 heteroatoms. The second kappa shape index (κ2) is 7.41. The molecule has 0 amide bonds. The number of aromatic nitrogens is 1. The molecule has 0 saturated heterocycles. The Labute approximate surface area is 133 Å². The zero-order chi connectivity index (χ0) is 16.1. The number of pyridine rings is 1. The van der Waals surface area contributed by atoms with Crippen molar-refractivity contribution < 1.29 is 9.47 Å². The third kappa shape index (κ3) is 3.30. The molecule has 0 radical (unpaired) electrons. The zero-order valence-electron chi connectivity index (χ0n) is 14.2. The number of hydrogen-bond acceptors (Lipinski definition) is 3. The van der Waals surface area contributed by atoms with Crippen LogP contribution in [0.5, 0.6) is 5.75 Å². The summed E-state index contributed by atoms with van der Waals surface area (Å²) in [5.41, 5.74) is 5.91. The number of aryl methyl sites for hydroxylation is 1. The average molecular weight is 299 g/mol. The molecule has 1 aromatic carbocycles. The number of fused-ring (bicyclic) bond motifs is 1. The van der Waals surface area contributed by atoms with E-state index in [1.165, 1.54) is 16.7 Å². The van der Waals surface area contributed by atoms with Crippen molar-refractivity contribution in [3.8, 4) is 5.75 Å². The van der Waals surface area contributed by atoms with E-state index in [1.807, 2.05) is 26.8 Å². The standard InChI is InChI=1S/C17H19NO2.C2H6/c1-11-10-20-7-6-14(11)13-4-5-16-15(9-13)17(19-3)8-12(2)18-16;1-2/h4-5,8-9H,6-7,10H2,1-3H3;1-2H3. The molecule has 0 N–H and O–H groups in total. The smallest absolute Gasteiger partial charge is 0.130 e. The van der Waals surface area contributed by atoms with E-state index >= 15 is 0 Å². The van der Waals surface area contributed by atoms with Crippen LogP contribution in [0.2, 0.25) is 0 Å². The van der Waals surface area contributed by atoms with Gasteiger partial charge in [-0.3, -0.25) is 4.98 Å². The highest BCUT2D eigenvalue weighted by Crippen LogP contribution is 2.31. The van der Waals surface area contributed by atoms with Gasteiger partial charge in [0.15, 0.2) is 0 Å². The van der Waals surface area contributed by atoms with Crippen molar-refractivity contribution in [2.45, 2.75) is 34.1 Å². The molecule has 0 saturated carbocycles. The van der Waals surface area contributed by atoms with Crippen LogP contribution in [0.1, 0.15) is 38.4 Å². The predicted octanol–water partition coefficient (Wildman–Crippen LogP) is 4.77. The van der Waals surface area contributed by atoms with Crippen molar-refractivity contribution >= 4 is 16.5 Å². The third-order valence-corrected chi connectivity index (χ3v) is 3.80. The number of benzene rings is 1. The molecular weight excluding hydrogens is 274 g/mol. The Morgan fingerprint density at radius 2 is 1.91 bits per heavy atom. The Morgan fingerprint density at radius 3 is 2.59 bits per heavy atom. The summed E-state index contributed by atoms with van der Waals surface area (Å²) in [5, 5.41) is 1.07. The van der Waals surface area contributed by atoms with Crippen LogP contribution >= 0.6 is 0 Å². The highest BCUT2D eigenvalue weighted by atomic mass is 16.5. The van der Waals surface area contributed by atoms with Gasteiger partial charge < -0.3 is 9.47 Å². The largest absolute Gasteiger partial charge is 0.496 e. The Kier molecular flexibility index (Phi) is 5.56. The van der Waals surface area contributed by atoms with Gasteiger partial charge in [-0.15, -0.1) is 0 Å². The van der Waals surface area contributed by atoms with Gasteiger partial charge in [-0.2, -0.15) is 0 Å². The summed E-state index contributed by atoms with van der Waals surface area (Å²) in [6, 6.07) is 8.40. The molecule has 3 nitrogen and oxygen atoms in total. The van der Waals surface area contributed by atoms with E-state index in [0.29, 0.717) is 0 Å². The van der Waals surface area contributed by atoms with E-state index in [0.717, 1.165) is 42.0 Å². The van der Waals surface area contributed by atoms with Crippen molar-refractivity contribution in [1.82, 2.24) is 4.98 Å². The van der Waals surface area contributed by atoms with Crippen molar-refractivity contribution in [1.29, 1.82) is 0 Å². The molecule has 1 aliphatic rings. The van der Waals surface area contributed by atoms with Crippen LogP contribution in [0, 0.1) is 6.92 Å². The van der Waals surface area contributed by atoms with Gasteiger partial charge in [0.25, 0.3) is 0 Å². The topological polar surface area (TPSA) is 31.4 Å². The molecule has 2 aromatic rings. The number of hydrogen-bond donors (Lipinski definition) is 0. The second-order valence-electron chi connectivity index (χ2n) is 5.26. The fourth-order valence-corrected chi connectivity index (χ4v) is 2.77. The maximum absolute atomic E-state index is 5.50. The molecule has 1 aromatic heterocycles. The van der Waals surface area contributed by atoms with Gasteiger partial charge in [0.05, 0.1) is 25.8 Å². The summed E-state index contributed by atoms with van der Waals surface area (Å²) in [4.78, 5) is 4.57. The summed E-state index contributed by atoms with van der Waals surface area (Å²) in [7, 11) is 1.71. The highest BCUT2D eigenvalue weighted by Gasteiger charge is 2.13. The highest BCUT2D eigenvalue weighted by molar-refractivity contribution is 5.89. The quantitative estimate of drug-likeness (QED) is 0.800. The van der Waals surface area contributed by atoms with E-state index in [2.05, 4.69) is 30.1 Å². The fourth-order valence-electron chi connectivity index (χ4n) is 2.77. The molecule has 0 aliphatic carbocycles. The Balaban J connectivity index is 0.000000847. The molecule has 0 fully saturated rings. The maximum atomic E-state index is 5.50. The first-order valence-electron chi connectivity index (χ1n) is 7.91. The Morgan fingerprint density at radius 1 is 1.14 bits per heavy atom. The monoisotopic (exact) mass is 299 g/mol. The van der Waals surface area contributed by atoms with Gasteiger partial charge in [-0.05, 0) is 49.1 Å². The van der Waals surface area contributed by atoms with Crippen molar-refractivity contribution in [3.05, 3.63) is 41.1 Å². The molecule has 118 valence electrons. The normalized spacial score (nSPS) is 14.6. The molecule has 1 aliphatic heterocycles. The minimum absolute atomic E-state index is 0.733. The van der Waals surface area contributed by atoms with Crippen molar-refractivity contribution in [2.24, 2.45) is 0 Å². The molecular formula is C19H25NO2. The van der Waals surface area contributed by atoms with Crippen LogP contribution in [-0.4, -0.2) is 25.3 Å². The molecule has 0 unspecified atom stereocenters. The van der Waals surface area contributed by atoms with E-state index < -0.39 is 0 Å². The number of methoxy groups -OCH3 is 1. The Hall–Kier alpha value is -1.87. The van der Waals surface area contributed by atoms with Gasteiger partial charge in [-0.25, -0.2) is 0 Å². The van der Waals surface area contributed by atoms with E-state index in [4.69, 9.17) is 9.47 Å². The molecule has 22 heavy (non-hydrogen) atoms. The molecule has 0 atom stereocenters. The number of rotatable bonds is 2. The van der Waals surface area contributed by atoms with E-state index in [-0.39, 0.29) is 0 Å². The first-order valence-corrected chi connectivity index (χ1v) is 7.91. The van der Waals surface area contributed by atoms with Crippen LogP contribution in [0.15, 0.2) is 29.8 Å². The van der Waals surface area contributed by atoms with Crippen LogP contribution < -0.4 is 4.74 Å². The first kappa shape index (κ1) is 16.5. The predicted molar refractivity (Wildman–Crippen MR) is 92.4 cm³/mol. The van der Waals surface area contributed by atoms with Gasteiger partial charge in [0.2, 0.25) is 0 Å². The fraction of sp³-hybridized carbons (Fsp3) is 0.421. The van der Waals surface area contributed by atoms with Crippen LogP contribution in [0.25, 0.3) is 16.5 Å². The first-order chi connectivity index (χ1) is 10.7. The lowest BCUT2D eigenvalue weighted by Gasteiger charge is -2.19. The summed E-state index contributed by atoms with van der Waals surface area (Å²) in [6.07, 6.45) is 0.971. The van der Waals surface area contributed by atoms with E-state index in [9.17, 15) is 0 Å². The van der Waals surface area contributed by atoms with Crippen LogP contribution in [0.4, 0.5) is 0 Å². The number of ether oxygens (including phenoxy) is 2. The SMILES string of the molecule is CC.COc1cc(C)nc2ccc(C3=C(C)COCC3)cc12. The second-order valence-corrected chi connectivity index (χ2v) is 5.26. The Bertz CT molecular complexity index is 689. The molecule has 2 heterocycles. The van der Waals surface area contributed by atoms with Gasteiger partial charge in [0.1, 0.15) is 5.75 Å². The molecule has 0 spiro atoms. The van der Waals surface area contributed by atoms with Gasteiger partial charge in [0, 0.05) is 17.1 Å². The third-order valence-electron chi connectivity index (χ3n) is 3.80. The van der Waals surface area contributed by atoms with Gasteiger partial charge >= 0.3 is 0 Å². The average Bonchev–Trinajstić information content (AvgIpc) is 2.56. The minimum Gasteiger partial charge on any atom is -0.496 e. The van der Waals surface area contributed by atoms with Crippen molar-refractivity contribution in [2.75, 3.05) is 20.3 Å². The summed E-state index contributed by atoms with van der Waals surface area (Å²) >= 11 is 0. The summed E-state index contributed by atoms with van der Waals surface area (Å²) in [5.74, 6) is 0.889. The van der Waals surface area contributed by atoms with E-state index in [1.54, 1.807) is 7.11 Å². The minimum atomic E-state index is 0.733. The lowest BCUT2D eigenvalue weighted by Crippen LogP contribution is -2.08. The van der Waals surface area contributed by atoms with Crippen LogP contribution in [-0.2, 0) is 4.74 Å². The maximum Gasteiger partial charge on any atom is 0.130 e. The van der Waals surface area contributed by atoms with Crippen LogP contribution in [0.3, 0.4) is 0 Å². The summed E-state index contributed by atoms with van der Waals surface area (Å²) < 4.78 is 11.0. The lowest BCUT2D eigenvalue weighted by molar-refractivity contribution is 0.154. The zero-order valence-corrected chi connectivity index (χ0v) is 14.2. The van der Waals surface area contributed by atoms with Gasteiger partial charge in [-0.1, -0.05) is 19.9 Å². The van der Waals surface area contributed by atoms with Crippen molar-refractivity contribution in [3.63, 3.8) is 0 Å². The molecule has 0 bridgehead atoms. The number of nitrogens with zero attached hydrogens (tertiary/aromatic N) is 1. The molecule has 3 rings (SSSR count). The summed E-state index contributed by atoms with van der Waals surface area (Å²) in [6.45, 7) is 9.66.